The lowest BCUT2D eigenvalue weighted by Gasteiger charge is -2.31. The normalized spacial score (nSPS) is 17.6. The van der Waals surface area contributed by atoms with Gasteiger partial charge < -0.3 is 4.90 Å². The fourth-order valence-electron chi connectivity index (χ4n) is 4.00. The van der Waals surface area contributed by atoms with E-state index in [1.54, 1.807) is 53.4 Å². The van der Waals surface area contributed by atoms with Crippen molar-refractivity contribution in [1.82, 2.24) is 9.21 Å². The highest BCUT2D eigenvalue weighted by atomic mass is 35.5. The van der Waals surface area contributed by atoms with Gasteiger partial charge in [-0.3, -0.25) is 0 Å². The van der Waals surface area contributed by atoms with Crippen LogP contribution >= 0.6 is 11.6 Å². The van der Waals surface area contributed by atoms with E-state index < -0.39 is 26.2 Å². The Bertz CT molecular complexity index is 1420. The molecule has 0 aliphatic carbocycles. The predicted octanol–water partition coefficient (Wildman–Crippen LogP) is 4.33. The number of hydrogen-bond donors (Lipinski definition) is 0. The summed E-state index contributed by atoms with van der Waals surface area (Å²) in [5.41, 5.74) is 2.56. The average molecular weight is 532 g/mol. The van der Waals surface area contributed by atoms with Gasteiger partial charge in [-0.1, -0.05) is 65.7 Å². The van der Waals surface area contributed by atoms with E-state index in [-0.39, 0.29) is 34.6 Å². The van der Waals surface area contributed by atoms with Crippen LogP contribution in [-0.4, -0.2) is 50.8 Å². The third-order valence-corrected chi connectivity index (χ3v) is 9.28. The largest absolute Gasteiger partial charge is 0.336 e. The maximum atomic E-state index is 13.6. The van der Waals surface area contributed by atoms with Crippen LogP contribution in [0.2, 0.25) is 0 Å². The molecule has 0 amide bonds. The molecule has 1 fully saturated rings. The first kappa shape index (κ1) is 25.4. The Morgan fingerprint density at radius 3 is 1.91 bits per heavy atom. The fraction of sp³-hybridized carbons (Fsp3) is 0.240. The van der Waals surface area contributed by atoms with Crippen LogP contribution in [0, 0.1) is 13.8 Å². The van der Waals surface area contributed by atoms with Gasteiger partial charge in [-0.2, -0.15) is 12.7 Å². The summed E-state index contributed by atoms with van der Waals surface area (Å²) < 4.78 is 58.8. The Kier molecular flexibility index (Phi) is 7.32. The lowest BCUT2D eigenvalue weighted by atomic mass is 10.1. The van der Waals surface area contributed by atoms with E-state index >= 15 is 0 Å². The van der Waals surface area contributed by atoms with Crippen molar-refractivity contribution in [1.29, 1.82) is 0 Å². The molecule has 3 aromatic carbocycles. The summed E-state index contributed by atoms with van der Waals surface area (Å²) in [5.74, 6) is -0.116. The minimum absolute atomic E-state index is 0.0466. The van der Waals surface area contributed by atoms with E-state index in [1.807, 2.05) is 32.0 Å². The molecule has 0 N–H and O–H groups in total. The average Bonchev–Trinajstić information content (AvgIpc) is 3.30. The van der Waals surface area contributed by atoms with Crippen LogP contribution in [0.5, 0.6) is 0 Å². The Labute approximate surface area is 211 Å². The summed E-state index contributed by atoms with van der Waals surface area (Å²) in [5, 5.41) is 0. The summed E-state index contributed by atoms with van der Waals surface area (Å²) in [6.07, 6.45) is -0.798. The van der Waals surface area contributed by atoms with Crippen molar-refractivity contribution in [3.63, 3.8) is 0 Å². The minimum Gasteiger partial charge on any atom is -0.336 e. The summed E-state index contributed by atoms with van der Waals surface area (Å²) in [4.78, 5) is 1.87. The smallest absolute Gasteiger partial charge is 0.283 e. The zero-order chi connectivity index (χ0) is 25.2. The first-order valence-corrected chi connectivity index (χ1v) is 14.4. The number of sulfonamides is 2. The van der Waals surface area contributed by atoms with Crippen molar-refractivity contribution in [3.05, 3.63) is 95.6 Å². The Morgan fingerprint density at radius 1 is 0.829 bits per heavy atom. The SMILES string of the molecule is Cc1ccc(S(=O)(=O)N=C(CCl)N2CCN(S(=O)(=O)c3ccc(C)cc3)C2c2ccccc2)cc1. The quantitative estimate of drug-likeness (QED) is 0.268. The maximum absolute atomic E-state index is 13.6. The van der Waals surface area contributed by atoms with Crippen LogP contribution in [0.25, 0.3) is 0 Å². The van der Waals surface area contributed by atoms with Gasteiger partial charge in [0.25, 0.3) is 10.0 Å². The second kappa shape index (κ2) is 10.1. The second-order valence-corrected chi connectivity index (χ2v) is 12.1. The number of nitrogens with zero attached hydrogens (tertiary/aromatic N) is 3. The van der Waals surface area contributed by atoms with Crippen LogP contribution < -0.4 is 0 Å². The molecule has 1 unspecified atom stereocenters. The Balaban J connectivity index is 1.78. The molecule has 4 rings (SSSR count). The molecule has 10 heteroatoms. The van der Waals surface area contributed by atoms with Crippen molar-refractivity contribution in [2.75, 3.05) is 19.0 Å². The van der Waals surface area contributed by atoms with Crippen LogP contribution in [0.1, 0.15) is 22.9 Å². The van der Waals surface area contributed by atoms with Gasteiger partial charge >= 0.3 is 0 Å². The molecule has 3 aromatic rings. The summed E-state index contributed by atoms with van der Waals surface area (Å²) in [6, 6.07) is 22.1. The van der Waals surface area contributed by atoms with Gasteiger partial charge in [-0.25, -0.2) is 8.42 Å². The molecule has 1 heterocycles. The maximum Gasteiger partial charge on any atom is 0.283 e. The number of rotatable bonds is 6. The van der Waals surface area contributed by atoms with Gasteiger partial charge in [0.15, 0.2) is 0 Å². The standard InChI is InChI=1S/C25H26ClN3O4S2/c1-19-8-12-22(13-9-19)34(30,31)27-24(18-26)28-16-17-29(25(28)21-6-4-3-5-7-21)35(32,33)23-14-10-20(2)11-15-23/h3-15,25H,16-18H2,1-2H3. The van der Waals surface area contributed by atoms with E-state index in [9.17, 15) is 16.8 Å². The van der Waals surface area contributed by atoms with E-state index in [0.717, 1.165) is 11.1 Å². The van der Waals surface area contributed by atoms with Crippen molar-refractivity contribution < 1.29 is 16.8 Å². The van der Waals surface area contributed by atoms with E-state index in [0.29, 0.717) is 5.56 Å². The van der Waals surface area contributed by atoms with Crippen molar-refractivity contribution in [2.24, 2.45) is 4.40 Å². The van der Waals surface area contributed by atoms with Crippen LogP contribution in [0.15, 0.2) is 93.1 Å². The molecule has 1 aliphatic heterocycles. The molecule has 0 radical (unpaired) electrons. The van der Waals surface area contributed by atoms with Crippen LogP contribution in [0.3, 0.4) is 0 Å². The summed E-state index contributed by atoms with van der Waals surface area (Å²) in [7, 11) is -7.93. The monoisotopic (exact) mass is 531 g/mol. The topological polar surface area (TPSA) is 87.1 Å². The van der Waals surface area contributed by atoms with Crippen molar-refractivity contribution in [3.8, 4) is 0 Å². The molecule has 0 saturated carbocycles. The van der Waals surface area contributed by atoms with E-state index in [2.05, 4.69) is 4.40 Å². The van der Waals surface area contributed by atoms with Gasteiger partial charge in [0.2, 0.25) is 10.0 Å². The Morgan fingerprint density at radius 2 is 1.37 bits per heavy atom. The highest BCUT2D eigenvalue weighted by molar-refractivity contribution is 7.90. The number of halogens is 1. The molecule has 1 atom stereocenters. The molecule has 1 aliphatic rings. The summed E-state index contributed by atoms with van der Waals surface area (Å²) >= 11 is 6.21. The molecule has 0 spiro atoms. The molecule has 0 bridgehead atoms. The minimum atomic E-state index is -4.05. The third-order valence-electron chi connectivity index (χ3n) is 5.85. The lowest BCUT2D eigenvalue weighted by Crippen LogP contribution is -2.39. The molecule has 184 valence electrons. The van der Waals surface area contributed by atoms with Gasteiger partial charge in [0, 0.05) is 13.1 Å². The Hall–Kier alpha value is -2.72. The fourth-order valence-corrected chi connectivity index (χ4v) is 6.89. The molecule has 0 aromatic heterocycles. The first-order valence-electron chi connectivity index (χ1n) is 11.0. The highest BCUT2D eigenvalue weighted by Gasteiger charge is 2.42. The molecular weight excluding hydrogens is 506 g/mol. The zero-order valence-electron chi connectivity index (χ0n) is 19.4. The molecule has 7 nitrogen and oxygen atoms in total. The number of hydrogen-bond acceptors (Lipinski definition) is 4. The predicted molar refractivity (Wildman–Crippen MR) is 137 cm³/mol. The zero-order valence-corrected chi connectivity index (χ0v) is 21.8. The number of alkyl halides is 1. The number of aryl methyl sites for hydroxylation is 2. The van der Waals surface area contributed by atoms with Crippen LogP contribution in [-0.2, 0) is 20.0 Å². The van der Waals surface area contributed by atoms with Crippen molar-refractivity contribution in [2.45, 2.75) is 29.8 Å². The number of benzene rings is 3. The first-order chi connectivity index (χ1) is 16.6. The van der Waals surface area contributed by atoms with E-state index in [1.165, 1.54) is 16.4 Å². The lowest BCUT2D eigenvalue weighted by molar-refractivity contribution is 0.284. The summed E-state index contributed by atoms with van der Waals surface area (Å²) in [6.45, 7) is 4.13. The van der Waals surface area contributed by atoms with Crippen LogP contribution in [0.4, 0.5) is 0 Å². The third kappa shape index (κ3) is 5.28. The molecule has 35 heavy (non-hydrogen) atoms. The van der Waals surface area contributed by atoms with Gasteiger partial charge in [0.1, 0.15) is 12.0 Å². The van der Waals surface area contributed by atoms with Crippen molar-refractivity contribution >= 4 is 37.5 Å². The second-order valence-electron chi connectivity index (χ2n) is 8.34. The van der Waals surface area contributed by atoms with E-state index in [4.69, 9.17) is 11.6 Å². The molecular formula is C25H26ClN3O4S2. The molecule has 1 saturated heterocycles. The van der Waals surface area contributed by atoms with Gasteiger partial charge in [0.05, 0.1) is 15.7 Å². The highest BCUT2D eigenvalue weighted by Crippen LogP contribution is 2.36. The van der Waals surface area contributed by atoms with Gasteiger partial charge in [-0.15, -0.1) is 16.0 Å². The number of amidine groups is 1. The van der Waals surface area contributed by atoms with Gasteiger partial charge in [-0.05, 0) is 43.7 Å².